The molecule has 15 heteroatoms. The van der Waals surface area contributed by atoms with Crippen LogP contribution in [0.15, 0.2) is 29.3 Å². The number of nitrogens with two attached hydrogens (primary N) is 2. The van der Waals surface area contributed by atoms with Crippen molar-refractivity contribution in [1.82, 2.24) is 20.9 Å². The molecule has 2 amide bonds. The van der Waals surface area contributed by atoms with Crippen LogP contribution in [0.25, 0.3) is 0 Å². The molecule has 0 saturated heterocycles. The minimum Gasteiger partial charge on any atom is -0.480 e. The number of carboxylic acid groups (broad SMARTS) is 1. The molecule has 3 rings (SSSR count). The van der Waals surface area contributed by atoms with Crippen molar-refractivity contribution < 1.29 is 30.0 Å². The van der Waals surface area contributed by atoms with E-state index in [1.165, 1.54) is 12.3 Å². The Morgan fingerprint density at radius 2 is 2.05 bits per heavy atom. The van der Waals surface area contributed by atoms with E-state index in [-0.39, 0.29) is 47.2 Å². The van der Waals surface area contributed by atoms with Gasteiger partial charge in [-0.15, -0.1) is 0 Å². The summed E-state index contributed by atoms with van der Waals surface area (Å²) < 4.78 is 0. The van der Waals surface area contributed by atoms with E-state index in [0.29, 0.717) is 40.9 Å². The van der Waals surface area contributed by atoms with Crippen LogP contribution in [0.5, 0.6) is 0 Å². The summed E-state index contributed by atoms with van der Waals surface area (Å²) in [5.41, 5.74) is 8.49. The third-order valence-electron chi connectivity index (χ3n) is 6.05. The van der Waals surface area contributed by atoms with E-state index in [1.807, 2.05) is 0 Å². The topological polar surface area (TPSA) is 219 Å². The number of fused-ring (bicyclic) bond motifs is 1. The number of nitrogen functional groups attached to an aromatic ring is 1. The smallest absolute Gasteiger partial charge is 0.328 e. The molecule has 0 spiro atoms. The molecule has 210 valence electrons. The number of amides is 2. The van der Waals surface area contributed by atoms with Crippen LogP contribution in [0.3, 0.4) is 0 Å². The van der Waals surface area contributed by atoms with Crippen molar-refractivity contribution in [2.24, 2.45) is 4.99 Å². The van der Waals surface area contributed by atoms with Gasteiger partial charge >= 0.3 is 5.97 Å². The van der Waals surface area contributed by atoms with Crippen LogP contribution in [-0.4, -0.2) is 77.4 Å². The highest BCUT2D eigenvalue weighted by Crippen LogP contribution is 2.35. The Kier molecular flexibility index (Phi) is 10.3. The molecular formula is C25H27Cl2N8O5+. The molecule has 40 heavy (non-hydrogen) atoms. The van der Waals surface area contributed by atoms with Crippen LogP contribution < -0.4 is 27.1 Å². The number of anilines is 1. The summed E-state index contributed by atoms with van der Waals surface area (Å²) in [5.74, 6) is -2.53. The van der Waals surface area contributed by atoms with E-state index in [9.17, 15) is 19.5 Å². The molecule has 0 aromatic heterocycles. The lowest BCUT2D eigenvalue weighted by Gasteiger charge is -2.30. The van der Waals surface area contributed by atoms with Crippen LogP contribution in [0.1, 0.15) is 37.4 Å². The van der Waals surface area contributed by atoms with Crippen LogP contribution in [0.4, 0.5) is 5.69 Å². The number of aliphatic carboxylic acids is 1. The molecule has 0 saturated carbocycles. The minimum atomic E-state index is -1.48. The Hall–Kier alpha value is -4.38. The van der Waals surface area contributed by atoms with E-state index in [4.69, 9.17) is 44.7 Å². The summed E-state index contributed by atoms with van der Waals surface area (Å²) in [6.45, 7) is -0.130. The fraction of sp³-hybridized carbons (Fsp3) is 0.280. The number of guanidine groups is 1. The van der Waals surface area contributed by atoms with Crippen molar-refractivity contribution in [2.45, 2.75) is 19.0 Å². The molecule has 0 aliphatic carbocycles. The first kappa shape index (κ1) is 30.2. The molecule has 1 unspecified atom stereocenters. The second-order valence-electron chi connectivity index (χ2n) is 8.61. The maximum Gasteiger partial charge on any atom is 0.328 e. The molecule has 0 radical (unpaired) electrons. The summed E-state index contributed by atoms with van der Waals surface area (Å²) in [6.07, 6.45) is 3.31. The molecule has 13 nitrogen and oxygen atoms in total. The van der Waals surface area contributed by atoms with Gasteiger partial charge in [0.2, 0.25) is 5.96 Å². The first-order valence-electron chi connectivity index (χ1n) is 11.9. The van der Waals surface area contributed by atoms with Crippen molar-refractivity contribution in [3.8, 4) is 6.19 Å². The third-order valence-corrected chi connectivity index (χ3v) is 6.76. The summed E-state index contributed by atoms with van der Waals surface area (Å²) >= 11 is 13.0. The fourth-order valence-corrected chi connectivity index (χ4v) is 4.80. The normalized spacial score (nSPS) is 13.4. The van der Waals surface area contributed by atoms with E-state index in [2.05, 4.69) is 20.9 Å². The summed E-state index contributed by atoms with van der Waals surface area (Å²) in [4.78, 5) is 43.5. The Balaban J connectivity index is 1.79. The van der Waals surface area contributed by atoms with Gasteiger partial charge in [-0.3, -0.25) is 20.3 Å². The molecule has 0 fully saturated rings. The molecule has 1 atom stereocenters. The Bertz CT molecular complexity index is 1410. The second-order valence-corrected chi connectivity index (χ2v) is 9.40. The predicted octanol–water partition coefficient (Wildman–Crippen LogP) is -0.856. The lowest BCUT2D eigenvalue weighted by molar-refractivity contribution is -0.138. The Morgan fingerprint density at radius 3 is 2.67 bits per heavy atom. The SMILES string of the molecule is N#CNC(=NCC(NC(=O)c1c(Cl)cc2c(c1Cl)CCN(C(=O)c1ccc(C=[NH2+])c(N)c1)C2)C(=O)O)NCCO. The predicted molar refractivity (Wildman–Crippen MR) is 148 cm³/mol. The van der Waals surface area contributed by atoms with Crippen LogP contribution in [0.2, 0.25) is 10.0 Å². The maximum atomic E-state index is 13.1. The molecule has 1 heterocycles. The highest BCUT2D eigenvalue weighted by molar-refractivity contribution is 6.40. The van der Waals surface area contributed by atoms with Gasteiger partial charge < -0.3 is 31.5 Å². The van der Waals surface area contributed by atoms with E-state index in [0.717, 1.165) is 0 Å². The quantitative estimate of drug-likeness (QED) is 0.0635. The summed E-state index contributed by atoms with van der Waals surface area (Å²) in [7, 11) is 0. The standard InChI is InChI=1S/C25H26Cl2N8O5/c26-17-7-15-11-35(23(38)13-1-2-14(9-28)18(30)8-13)5-3-16(15)21(27)20(17)22(37)34-19(24(39)40)10-32-25(33-12-29)31-4-6-36/h1-2,7-9,19,28,36H,3-6,10-11,30H2,(H,34,37)(H,39,40)(H2,31,32,33)/p+1. The zero-order valence-corrected chi connectivity index (χ0v) is 22.6. The molecule has 1 aliphatic heterocycles. The van der Waals surface area contributed by atoms with Gasteiger partial charge in [-0.2, -0.15) is 5.26 Å². The largest absolute Gasteiger partial charge is 0.480 e. The fourth-order valence-electron chi connectivity index (χ4n) is 4.04. The summed E-state index contributed by atoms with van der Waals surface area (Å²) in [6, 6.07) is 4.88. The number of aliphatic hydroxyl groups is 1. The Morgan fingerprint density at radius 1 is 1.30 bits per heavy atom. The van der Waals surface area contributed by atoms with Crippen LogP contribution in [0, 0.1) is 11.5 Å². The number of rotatable bonds is 9. The number of halogens is 2. The number of nitrogens with one attached hydrogen (secondary N) is 3. The van der Waals surface area contributed by atoms with Gasteiger partial charge in [0.1, 0.15) is 6.04 Å². The van der Waals surface area contributed by atoms with Crippen molar-refractivity contribution in [3.63, 3.8) is 0 Å². The van der Waals surface area contributed by atoms with Gasteiger partial charge in [0.05, 0.1) is 34.3 Å². The van der Waals surface area contributed by atoms with Gasteiger partial charge in [0, 0.05) is 30.9 Å². The average Bonchev–Trinajstić information content (AvgIpc) is 2.92. The average molecular weight is 590 g/mol. The third kappa shape index (κ3) is 6.97. The molecule has 2 aromatic carbocycles. The highest BCUT2D eigenvalue weighted by atomic mass is 35.5. The van der Waals surface area contributed by atoms with Crippen molar-refractivity contribution in [1.29, 1.82) is 5.26 Å². The zero-order valence-electron chi connectivity index (χ0n) is 21.1. The molecule has 0 bridgehead atoms. The zero-order chi connectivity index (χ0) is 29.4. The number of hydrogen-bond acceptors (Lipinski definition) is 7. The maximum absolute atomic E-state index is 13.1. The lowest BCUT2D eigenvalue weighted by atomic mass is 9.95. The molecule has 1 aliphatic rings. The van der Waals surface area contributed by atoms with Crippen molar-refractivity contribution in [3.05, 3.63) is 62.1 Å². The monoisotopic (exact) mass is 589 g/mol. The number of carbonyl (C=O) groups excluding carboxylic acids is 2. The number of benzene rings is 2. The number of carboxylic acids is 1. The van der Waals surface area contributed by atoms with Gasteiger partial charge in [-0.25, -0.2) is 9.79 Å². The highest BCUT2D eigenvalue weighted by Gasteiger charge is 2.29. The molecule has 2 aromatic rings. The number of carbonyl (C=O) groups is 3. The van der Waals surface area contributed by atoms with Crippen molar-refractivity contribution in [2.75, 3.05) is 32.0 Å². The first-order valence-corrected chi connectivity index (χ1v) is 12.7. The number of nitriles is 1. The van der Waals surface area contributed by atoms with E-state index in [1.54, 1.807) is 29.3 Å². The Labute approximate surface area is 239 Å². The molecule has 9 N–H and O–H groups in total. The van der Waals surface area contributed by atoms with Gasteiger partial charge in [0.25, 0.3) is 11.8 Å². The van der Waals surface area contributed by atoms with Crippen molar-refractivity contribution >= 4 is 58.8 Å². The number of hydrogen-bond donors (Lipinski definition) is 7. The van der Waals surface area contributed by atoms with Gasteiger partial charge in [0.15, 0.2) is 12.4 Å². The van der Waals surface area contributed by atoms with Gasteiger partial charge in [-0.05, 0) is 41.8 Å². The minimum absolute atomic E-state index is 0.0216. The molecular weight excluding hydrogens is 563 g/mol. The number of aliphatic hydroxyl groups excluding tert-OH is 1. The summed E-state index contributed by atoms with van der Waals surface area (Å²) in [5, 5.41) is 40.1. The first-order chi connectivity index (χ1) is 19.1. The number of aliphatic imine (C=N–C) groups is 1. The van der Waals surface area contributed by atoms with E-state index < -0.39 is 24.5 Å². The lowest BCUT2D eigenvalue weighted by Crippen LogP contribution is -2.45. The number of nitrogens with zero attached hydrogens (tertiary/aromatic N) is 3. The van der Waals surface area contributed by atoms with Gasteiger partial charge in [-0.1, -0.05) is 23.2 Å². The second kappa shape index (κ2) is 13.6. The van der Waals surface area contributed by atoms with Crippen LogP contribution in [-0.2, 0) is 17.8 Å². The van der Waals surface area contributed by atoms with Crippen LogP contribution >= 0.6 is 23.2 Å². The van der Waals surface area contributed by atoms with E-state index >= 15 is 0 Å².